The predicted molar refractivity (Wildman–Crippen MR) is 308 cm³/mol. The number of hydrogen-bond donors (Lipinski definition) is 4. The number of rotatable bonds is 20. The average molecular weight is 970 g/mol. The molecule has 3 rings (SSSR count). The van der Waals surface area contributed by atoms with E-state index in [1.165, 1.54) is 87.1 Å². The fourth-order valence-electron chi connectivity index (χ4n) is 6.99. The molecule has 9 nitrogen and oxygen atoms in total. The van der Waals surface area contributed by atoms with Crippen LogP contribution in [-0.4, -0.2) is 95.1 Å². The number of nitrogens with zero attached hydrogens (tertiary/aromatic N) is 4. The van der Waals surface area contributed by atoms with Gasteiger partial charge in [-0.05, 0) is 135 Å². The number of hydrogen-bond acceptors (Lipinski definition) is 8. The Morgan fingerprint density at radius 3 is 1.78 bits per heavy atom. The van der Waals surface area contributed by atoms with Crippen LogP contribution in [-0.2, 0) is 11.2 Å². The summed E-state index contributed by atoms with van der Waals surface area (Å²) in [7, 11) is 2.21. The molecular weight excluding hydrogens is 853 g/mol. The molecule has 1 aliphatic heterocycles. The molecule has 1 saturated heterocycles. The number of amides is 1. The van der Waals surface area contributed by atoms with E-state index in [1.807, 2.05) is 34.6 Å². The summed E-state index contributed by atoms with van der Waals surface area (Å²) in [6.45, 7) is 50.5. The lowest BCUT2D eigenvalue weighted by molar-refractivity contribution is -0.131. The highest BCUT2D eigenvalue weighted by Gasteiger charge is 2.31. The van der Waals surface area contributed by atoms with Gasteiger partial charge in [0.05, 0.1) is 18.7 Å². The molecular formula is C60H116N6O3. The first kappa shape index (κ1) is 70.4. The number of nitrogen functional groups attached to an aromatic ring is 1. The van der Waals surface area contributed by atoms with Gasteiger partial charge >= 0.3 is 0 Å². The van der Waals surface area contributed by atoms with E-state index in [9.17, 15) is 4.79 Å². The van der Waals surface area contributed by atoms with Crippen molar-refractivity contribution in [2.75, 3.05) is 58.7 Å². The molecule has 0 saturated carbocycles. The van der Waals surface area contributed by atoms with E-state index in [-0.39, 0.29) is 35.5 Å². The molecule has 9 heteroatoms. The minimum Gasteiger partial charge on any atom is -0.396 e. The highest BCUT2D eigenvalue weighted by Crippen LogP contribution is 2.33. The van der Waals surface area contributed by atoms with Gasteiger partial charge in [0.15, 0.2) is 0 Å². The largest absolute Gasteiger partial charge is 0.396 e. The minimum atomic E-state index is -0.264. The number of carbonyl (C=O) groups is 1. The van der Waals surface area contributed by atoms with Gasteiger partial charge in [-0.3, -0.25) is 9.79 Å². The number of allylic oxidation sites excluding steroid dienone is 2. The summed E-state index contributed by atoms with van der Waals surface area (Å²) in [5, 5.41) is 21.6. The Morgan fingerprint density at radius 2 is 1.38 bits per heavy atom. The van der Waals surface area contributed by atoms with Gasteiger partial charge < -0.3 is 31.1 Å². The number of fused-ring (bicyclic) bond motifs is 1. The number of nitrogens with one attached hydrogen (secondary N) is 1. The Bertz CT molecular complexity index is 1660. The van der Waals surface area contributed by atoms with Crippen molar-refractivity contribution in [3.05, 3.63) is 41.0 Å². The summed E-state index contributed by atoms with van der Waals surface area (Å²) < 4.78 is 0. The molecule has 2 heterocycles. The molecule has 0 spiro atoms. The fourth-order valence-corrected chi connectivity index (χ4v) is 6.99. The first-order valence-corrected chi connectivity index (χ1v) is 27.3. The Kier molecular flexibility index (Phi) is 38.6. The van der Waals surface area contributed by atoms with Crippen LogP contribution >= 0.6 is 0 Å². The van der Waals surface area contributed by atoms with Crippen molar-refractivity contribution in [3.8, 4) is 0 Å². The number of aliphatic hydroxyl groups is 2. The SMILES string of the molecule is CC(C)(C)C.CC=C(C)C.CCC(C)(CO)CO.CCCC.CCCC(C)(C)C(=O)NC(C)(C)CC(C)C.CCCCC(CCC)=Nc1c(N)nc2cc(CCCN3CCN(C)CC3)ccc2c1C. The van der Waals surface area contributed by atoms with Crippen molar-refractivity contribution in [1.29, 1.82) is 0 Å². The number of piperazine rings is 1. The second kappa shape index (κ2) is 37.9. The first-order valence-electron chi connectivity index (χ1n) is 27.3. The molecule has 404 valence electrons. The number of aromatic nitrogens is 1. The van der Waals surface area contributed by atoms with Gasteiger partial charge in [0, 0.05) is 53.6 Å². The Hall–Kier alpha value is -2.85. The minimum absolute atomic E-state index is 0.0694. The van der Waals surface area contributed by atoms with Gasteiger partial charge in [0.25, 0.3) is 0 Å². The molecule has 1 amide bonds. The van der Waals surface area contributed by atoms with E-state index >= 15 is 0 Å². The molecule has 69 heavy (non-hydrogen) atoms. The molecule has 2 aromatic rings. The van der Waals surface area contributed by atoms with Crippen LogP contribution in [0.15, 0.2) is 34.8 Å². The third-order valence-electron chi connectivity index (χ3n) is 12.0. The number of aliphatic imine (C=N–C) groups is 1. The maximum atomic E-state index is 12.1. The molecule has 0 radical (unpaired) electrons. The monoisotopic (exact) mass is 969 g/mol. The molecule has 1 aromatic heterocycles. The van der Waals surface area contributed by atoms with Crippen LogP contribution in [0.3, 0.4) is 0 Å². The number of anilines is 1. The van der Waals surface area contributed by atoms with Gasteiger partial charge in [-0.1, -0.05) is 160 Å². The maximum Gasteiger partial charge on any atom is 0.226 e. The summed E-state index contributed by atoms with van der Waals surface area (Å²) in [6, 6.07) is 6.70. The van der Waals surface area contributed by atoms with Crippen molar-refractivity contribution in [2.24, 2.45) is 27.2 Å². The van der Waals surface area contributed by atoms with E-state index < -0.39 is 0 Å². The van der Waals surface area contributed by atoms with Crippen LogP contribution in [0.25, 0.3) is 10.9 Å². The van der Waals surface area contributed by atoms with Crippen molar-refractivity contribution in [2.45, 2.75) is 234 Å². The zero-order valence-electron chi connectivity index (χ0n) is 49.7. The van der Waals surface area contributed by atoms with Crippen LogP contribution in [0, 0.1) is 29.1 Å². The average Bonchev–Trinajstić information content (AvgIpc) is 3.26. The smallest absolute Gasteiger partial charge is 0.226 e. The molecule has 5 N–H and O–H groups in total. The van der Waals surface area contributed by atoms with Crippen LogP contribution in [0.5, 0.6) is 0 Å². The quantitative estimate of drug-likeness (QED) is 0.0769. The Balaban J connectivity index is -0.000000949. The molecule has 1 aromatic carbocycles. The normalized spacial score (nSPS) is 13.6. The lowest BCUT2D eigenvalue weighted by Crippen LogP contribution is -2.49. The molecule has 0 unspecified atom stereocenters. The highest BCUT2D eigenvalue weighted by molar-refractivity contribution is 5.94. The maximum absolute atomic E-state index is 12.1. The molecule has 0 aliphatic carbocycles. The zero-order chi connectivity index (χ0) is 54.0. The lowest BCUT2D eigenvalue weighted by Gasteiger charge is -2.33. The number of pyridine rings is 1. The van der Waals surface area contributed by atoms with Gasteiger partial charge in [-0.2, -0.15) is 0 Å². The fraction of sp³-hybridized carbons (Fsp3) is 0.783. The summed E-state index contributed by atoms with van der Waals surface area (Å²) in [5.74, 6) is 1.34. The molecule has 1 aliphatic rings. The first-order chi connectivity index (χ1) is 32.0. The van der Waals surface area contributed by atoms with Crippen LogP contribution < -0.4 is 11.1 Å². The highest BCUT2D eigenvalue weighted by atomic mass is 16.3. The zero-order valence-corrected chi connectivity index (χ0v) is 49.7. The number of aryl methyl sites for hydroxylation is 2. The molecule has 0 bridgehead atoms. The number of likely N-dealkylation sites (N-methyl/N-ethyl adjacent to an activating group) is 1. The van der Waals surface area contributed by atoms with Crippen molar-refractivity contribution < 1.29 is 15.0 Å². The predicted octanol–water partition coefficient (Wildman–Crippen LogP) is 15.3. The van der Waals surface area contributed by atoms with Gasteiger partial charge in [-0.25, -0.2) is 4.98 Å². The van der Waals surface area contributed by atoms with Crippen LogP contribution in [0.2, 0.25) is 0 Å². The third-order valence-corrected chi connectivity index (χ3v) is 12.0. The standard InChI is InChI=1S/C26H41N5.C14H29NO.C6H14O2.C5H12.C5H10.C4H10/c1-5-7-11-22(9-6-2)28-25-20(3)23-13-12-21(19-24(23)29-26(25)27)10-8-14-31-17-15-30(4)16-18-31;1-8-9-13(4,5)12(16)15-14(6,7)10-11(2)3;1-3-6(2,4-7)5-8;1-5(2,3)4;1-4-5(2)3;1-3-4-2/h12-13,19H,5-11,14-18H2,1-4H3,(H2,27,29);11H,8-10H2,1-7H3,(H,15,16);7-8H,3-5H2,1-2H3;1-4H3;4H,1-3H3;3-4H2,1-2H3. The lowest BCUT2D eigenvalue weighted by atomic mass is 9.84. The summed E-state index contributed by atoms with van der Waals surface area (Å²) in [5.41, 5.74) is 13.3. The number of unbranched alkanes of at least 4 members (excludes halogenated alkanes) is 2. The third kappa shape index (κ3) is 35.8. The Morgan fingerprint density at radius 1 is 0.841 bits per heavy atom. The summed E-state index contributed by atoms with van der Waals surface area (Å²) in [4.78, 5) is 26.9. The van der Waals surface area contributed by atoms with Crippen LogP contribution in [0.1, 0.15) is 227 Å². The number of benzene rings is 1. The topological polar surface area (TPSA) is 127 Å². The van der Waals surface area contributed by atoms with E-state index in [4.69, 9.17) is 25.9 Å². The van der Waals surface area contributed by atoms with Crippen molar-refractivity contribution in [1.82, 2.24) is 20.1 Å². The number of carbonyl (C=O) groups excluding carboxylic acids is 1. The van der Waals surface area contributed by atoms with E-state index in [1.54, 1.807) is 0 Å². The van der Waals surface area contributed by atoms with E-state index in [0.29, 0.717) is 17.2 Å². The van der Waals surface area contributed by atoms with Crippen LogP contribution in [0.4, 0.5) is 11.5 Å². The summed E-state index contributed by atoms with van der Waals surface area (Å²) in [6.07, 6.45) is 16.4. The number of aliphatic hydroxyl groups excluding tert-OH is 2. The number of nitrogens with two attached hydrogens (primary N) is 1. The summed E-state index contributed by atoms with van der Waals surface area (Å²) >= 11 is 0. The molecule has 1 fully saturated rings. The van der Waals surface area contributed by atoms with E-state index in [0.717, 1.165) is 68.1 Å². The van der Waals surface area contributed by atoms with E-state index in [2.05, 4.69) is 157 Å². The van der Waals surface area contributed by atoms with Crippen molar-refractivity contribution >= 4 is 34.0 Å². The second-order valence-electron chi connectivity index (χ2n) is 23.5. The Labute approximate surface area is 428 Å². The van der Waals surface area contributed by atoms with Gasteiger partial charge in [-0.15, -0.1) is 0 Å². The van der Waals surface area contributed by atoms with Gasteiger partial charge in [0.2, 0.25) is 5.91 Å². The van der Waals surface area contributed by atoms with Gasteiger partial charge in [0.1, 0.15) is 11.5 Å². The second-order valence-corrected chi connectivity index (χ2v) is 23.5. The van der Waals surface area contributed by atoms with Crippen molar-refractivity contribution in [3.63, 3.8) is 0 Å². The molecule has 0 atom stereocenters.